The molecule has 18 nitrogen and oxygen atoms in total. The highest BCUT2D eigenvalue weighted by molar-refractivity contribution is 5.95. The number of esters is 3. The maximum Gasteiger partial charge on any atom is 0.344 e. The molecule has 2 unspecified atom stereocenters. The van der Waals surface area contributed by atoms with Crippen LogP contribution in [0.3, 0.4) is 0 Å². The fraction of sp³-hybridized carbons (Fsp3) is 0.571. The smallest absolute Gasteiger partial charge is 0.344 e. The predicted octanol–water partition coefficient (Wildman–Crippen LogP) is 2.96. The number of alkyl halides is 2. The third kappa shape index (κ3) is 7.30. The van der Waals surface area contributed by atoms with E-state index in [9.17, 15) is 24.3 Å². The zero-order valence-electron chi connectivity index (χ0n) is 39.5. The van der Waals surface area contributed by atoms with Crippen molar-refractivity contribution >= 4 is 46.4 Å². The van der Waals surface area contributed by atoms with Crippen molar-refractivity contribution in [2.24, 2.45) is 17.3 Å². The molecule has 2 aromatic carbocycles. The molecule has 2 bridgehead atoms. The number of para-hydroxylation sites is 1. The molecule has 374 valence electrons. The molecule has 69 heavy (non-hydrogen) atoms. The molecule has 20 heteroatoms. The number of methoxy groups -OCH3 is 3. The Morgan fingerprint density at radius 1 is 0.957 bits per heavy atom. The summed E-state index contributed by atoms with van der Waals surface area (Å²) in [5, 5.41) is 46.7. The van der Waals surface area contributed by atoms with Gasteiger partial charge in [-0.05, 0) is 68.3 Å². The Balaban J connectivity index is 0.000000579. The lowest BCUT2D eigenvalue weighted by atomic mass is 9.47. The Morgan fingerprint density at radius 2 is 1.62 bits per heavy atom. The summed E-state index contributed by atoms with van der Waals surface area (Å²) in [7, 11) is 5.94. The van der Waals surface area contributed by atoms with Crippen LogP contribution in [0.1, 0.15) is 68.8 Å². The second kappa shape index (κ2) is 17.6. The van der Waals surface area contributed by atoms with Crippen LogP contribution < -0.4 is 9.64 Å². The first-order valence-electron chi connectivity index (χ1n) is 23.0. The Hall–Kier alpha value is -5.67. The summed E-state index contributed by atoms with van der Waals surface area (Å²) in [6.07, 6.45) is -0.496. The van der Waals surface area contributed by atoms with Gasteiger partial charge in [0.1, 0.15) is 11.2 Å². The SMILES string of the molecule is CC[C@]12C=CCN3CC[C@@]4(c5cc([C@@]6(C(=O)OC)C[C@@H]7CC(C(C)(F)F)CN(Cc8c6[nH]c6ccccc86)C7)c(OC)cc5N(C)[C@H]4[C@@](O)(C(=O)OC)[C@@H]1OC(C)=O)[C@@H]32.O=C(O)[C@H](O)[C@@H](O)C(=O)O. The quantitative estimate of drug-likeness (QED) is 0.0971. The number of hydrogen-bond acceptors (Lipinski definition) is 15. The van der Waals surface area contributed by atoms with E-state index >= 15 is 13.6 Å². The topological polar surface area (TPSA) is 249 Å². The number of H-pyrrole nitrogens is 1. The van der Waals surface area contributed by atoms with E-state index in [1.165, 1.54) is 28.3 Å². The lowest BCUT2D eigenvalue weighted by molar-refractivity contribution is -0.228. The number of benzene rings is 2. The molecule has 0 radical (unpaired) electrons. The highest BCUT2D eigenvalue weighted by atomic mass is 19.3. The van der Waals surface area contributed by atoms with Gasteiger partial charge in [0.2, 0.25) is 11.5 Å². The number of likely N-dealkylation sites (N-methyl/N-ethyl adjacent to an activating group) is 1. The third-order valence-corrected chi connectivity index (χ3v) is 16.1. The van der Waals surface area contributed by atoms with Crippen LogP contribution in [0.2, 0.25) is 0 Å². The number of halogens is 2. The molecule has 12 atom stereocenters. The number of piperidine rings is 1. The van der Waals surface area contributed by atoms with Crippen molar-refractivity contribution in [3.63, 3.8) is 0 Å². The third-order valence-electron chi connectivity index (χ3n) is 16.1. The molecule has 1 spiro atoms. The molecule has 3 fully saturated rings. The van der Waals surface area contributed by atoms with Crippen LogP contribution in [0.4, 0.5) is 14.5 Å². The summed E-state index contributed by atoms with van der Waals surface area (Å²) >= 11 is 0. The summed E-state index contributed by atoms with van der Waals surface area (Å²) in [6.45, 7) is 6.55. The maximum absolute atomic E-state index is 15.3. The van der Waals surface area contributed by atoms with Crippen molar-refractivity contribution in [3.8, 4) is 5.75 Å². The molecule has 1 saturated carbocycles. The lowest BCUT2D eigenvalue weighted by Crippen LogP contribution is -2.81. The second-order valence-corrected chi connectivity index (χ2v) is 19.6. The van der Waals surface area contributed by atoms with Gasteiger partial charge in [-0.3, -0.25) is 19.4 Å². The van der Waals surface area contributed by atoms with E-state index in [1.807, 2.05) is 67.4 Å². The van der Waals surface area contributed by atoms with Gasteiger partial charge in [-0.25, -0.2) is 23.2 Å². The van der Waals surface area contributed by atoms with E-state index in [2.05, 4.69) is 14.8 Å². The van der Waals surface area contributed by atoms with E-state index in [4.69, 9.17) is 39.4 Å². The van der Waals surface area contributed by atoms with E-state index in [1.54, 1.807) is 0 Å². The minimum atomic E-state index is -2.94. The molecular formula is C49H60F2N4O14. The lowest BCUT2D eigenvalue weighted by Gasteiger charge is -2.63. The number of ether oxygens (including phenoxy) is 4. The van der Waals surface area contributed by atoms with Gasteiger partial charge >= 0.3 is 29.8 Å². The highest BCUT2D eigenvalue weighted by Gasteiger charge is 2.80. The first-order chi connectivity index (χ1) is 32.5. The van der Waals surface area contributed by atoms with Gasteiger partial charge < -0.3 is 54.4 Å². The van der Waals surface area contributed by atoms with Crippen molar-refractivity contribution in [2.45, 2.75) is 106 Å². The number of nitrogens with one attached hydrogen (secondary N) is 1. The van der Waals surface area contributed by atoms with Gasteiger partial charge in [0.05, 0.1) is 27.4 Å². The normalized spacial score (nSPS) is 32.9. The maximum atomic E-state index is 15.3. The fourth-order valence-electron chi connectivity index (χ4n) is 13.5. The van der Waals surface area contributed by atoms with Gasteiger partial charge in [-0.2, -0.15) is 0 Å². The predicted molar refractivity (Wildman–Crippen MR) is 242 cm³/mol. The van der Waals surface area contributed by atoms with E-state index in [0.29, 0.717) is 61.7 Å². The summed E-state index contributed by atoms with van der Waals surface area (Å²) in [4.78, 5) is 72.0. The Labute approximate surface area is 396 Å². The number of carboxylic acids is 2. The number of aromatic amines is 1. The molecular weight excluding hydrogens is 907 g/mol. The van der Waals surface area contributed by atoms with Crippen LogP contribution in [-0.2, 0) is 55.6 Å². The van der Waals surface area contributed by atoms with Crippen LogP contribution in [0.25, 0.3) is 10.9 Å². The number of carbonyl (C=O) groups is 5. The van der Waals surface area contributed by atoms with Gasteiger partial charge in [0.15, 0.2) is 18.3 Å². The van der Waals surface area contributed by atoms with Crippen LogP contribution >= 0.6 is 0 Å². The van der Waals surface area contributed by atoms with Crippen LogP contribution in [0.15, 0.2) is 48.6 Å². The molecule has 1 aromatic heterocycles. The van der Waals surface area contributed by atoms with E-state index in [-0.39, 0.29) is 31.3 Å². The number of aliphatic carboxylic acids is 2. The monoisotopic (exact) mass is 966 g/mol. The first-order valence-corrected chi connectivity index (χ1v) is 23.0. The summed E-state index contributed by atoms with van der Waals surface area (Å²) < 4.78 is 54.3. The van der Waals surface area contributed by atoms with Crippen LogP contribution in [0.5, 0.6) is 5.75 Å². The number of hydrogen-bond donors (Lipinski definition) is 6. The van der Waals surface area contributed by atoms with Gasteiger partial charge in [0, 0.05) is 96.9 Å². The minimum absolute atomic E-state index is 0.155. The molecule has 1 aliphatic carbocycles. The van der Waals surface area contributed by atoms with Crippen molar-refractivity contribution in [1.82, 2.24) is 14.8 Å². The Morgan fingerprint density at radius 3 is 2.22 bits per heavy atom. The van der Waals surface area contributed by atoms with Crippen molar-refractivity contribution in [3.05, 3.63) is 70.9 Å². The Bertz CT molecular complexity index is 2580. The summed E-state index contributed by atoms with van der Waals surface area (Å²) in [5.74, 6) is -9.46. The van der Waals surface area contributed by atoms with Crippen LogP contribution in [0, 0.1) is 17.3 Å². The Kier molecular flexibility index (Phi) is 12.7. The zero-order chi connectivity index (χ0) is 50.3. The molecule has 9 rings (SSSR count). The van der Waals surface area contributed by atoms with Crippen molar-refractivity contribution in [2.75, 3.05) is 59.5 Å². The summed E-state index contributed by atoms with van der Waals surface area (Å²) in [5.41, 5.74) is -1.64. The molecule has 6 aliphatic rings. The first kappa shape index (κ1) is 49.7. The number of nitrogens with zero attached hydrogens (tertiary/aromatic N) is 3. The van der Waals surface area contributed by atoms with Gasteiger partial charge in [0.25, 0.3) is 0 Å². The standard InChI is InChI=1S/C45H54F2N4O8.C4H6O6/c1-8-42-14-11-16-51-17-15-43(36(42)51)30-19-31(34(56-5)20-33(30)49(4)37(43)45(55,40(54)58-7)38(42)59-25(2)52)44(39(53)57-6)21-26-18-27(41(3,46)47)23-50(22-26)24-29-28-12-9-10-13-32(28)48-35(29)44;5-1(3(7)8)2(6)4(9)10/h9-14,19-20,26-27,36-38,48,55H,8,15-18,21-24H2,1-7H3;1-2,5-6H,(H,7,8)(H,9,10)/t26-,27?,36-,37+,38+,42+,43+,44-,45-;1-,2-/m01/s1. The molecule has 6 heterocycles. The number of carbonyl (C=O) groups excluding carboxylic acids is 3. The number of aliphatic hydroxyl groups is 3. The molecule has 5 aliphatic heterocycles. The number of fused-ring (bicyclic) bond motifs is 6. The number of aromatic nitrogens is 1. The van der Waals surface area contributed by atoms with Crippen LogP contribution in [-0.4, -0.2) is 167 Å². The minimum Gasteiger partial charge on any atom is -0.496 e. The average molecular weight is 967 g/mol. The second-order valence-electron chi connectivity index (χ2n) is 19.6. The number of anilines is 1. The zero-order valence-corrected chi connectivity index (χ0v) is 39.5. The largest absolute Gasteiger partial charge is 0.496 e. The molecule has 0 amide bonds. The molecule has 6 N–H and O–H groups in total. The highest BCUT2D eigenvalue weighted by Crippen LogP contribution is 2.68. The van der Waals surface area contributed by atoms with Crippen molar-refractivity contribution in [1.29, 1.82) is 0 Å². The van der Waals surface area contributed by atoms with Gasteiger partial charge in [-0.15, -0.1) is 0 Å². The number of carboxylic acid groups (broad SMARTS) is 2. The molecule has 2 saturated heterocycles. The number of rotatable bonds is 10. The molecule has 3 aromatic rings. The fourth-order valence-corrected chi connectivity index (χ4v) is 13.5. The number of aliphatic hydroxyl groups excluding tert-OH is 2. The average Bonchev–Trinajstić information content (AvgIpc) is 3.97. The van der Waals surface area contributed by atoms with Gasteiger partial charge in [-0.1, -0.05) is 37.3 Å². The van der Waals surface area contributed by atoms with E-state index in [0.717, 1.165) is 29.0 Å². The van der Waals surface area contributed by atoms with E-state index < -0.39 is 87.9 Å². The summed E-state index contributed by atoms with van der Waals surface area (Å²) in [6, 6.07) is 10.3. The van der Waals surface area contributed by atoms with Crippen molar-refractivity contribution < 1.29 is 77.2 Å².